The van der Waals surface area contributed by atoms with Crippen molar-refractivity contribution < 1.29 is 14.6 Å². The van der Waals surface area contributed by atoms with Crippen molar-refractivity contribution in [3.8, 4) is 5.75 Å². The van der Waals surface area contributed by atoms with Crippen molar-refractivity contribution in [1.29, 1.82) is 0 Å². The van der Waals surface area contributed by atoms with Crippen LogP contribution in [0.2, 0.25) is 0 Å². The van der Waals surface area contributed by atoms with Gasteiger partial charge in [-0.05, 0) is 51.3 Å². The number of hydrogen-bond acceptors (Lipinski definition) is 3. The summed E-state index contributed by atoms with van der Waals surface area (Å²) in [6.07, 6.45) is 0.554. The third kappa shape index (κ3) is 3.88. The zero-order valence-corrected chi connectivity index (χ0v) is 12.3. The third-order valence-corrected chi connectivity index (χ3v) is 3.29. The van der Waals surface area contributed by atoms with Crippen molar-refractivity contribution >= 4 is 11.7 Å². The molecule has 1 aromatic carbocycles. The molecule has 0 fully saturated rings. The lowest BCUT2D eigenvalue weighted by Gasteiger charge is -2.21. The fraction of sp³-hybridized carbons (Fsp3) is 0.533. The Labute approximate surface area is 114 Å². The summed E-state index contributed by atoms with van der Waals surface area (Å²) in [4.78, 5) is 11.0. The van der Waals surface area contributed by atoms with Crippen molar-refractivity contribution in [3.05, 3.63) is 23.3 Å². The first-order chi connectivity index (χ1) is 8.77. The first kappa shape index (κ1) is 15.3. The molecule has 0 aliphatic rings. The van der Waals surface area contributed by atoms with E-state index in [0.717, 1.165) is 22.6 Å². The van der Waals surface area contributed by atoms with Gasteiger partial charge in [0.05, 0.1) is 18.2 Å². The number of benzene rings is 1. The molecule has 0 atom stereocenters. The molecule has 1 aromatic rings. The predicted molar refractivity (Wildman–Crippen MR) is 77.0 cm³/mol. The molecule has 0 amide bonds. The highest BCUT2D eigenvalue weighted by molar-refractivity contribution is 5.73. The molecule has 0 saturated carbocycles. The van der Waals surface area contributed by atoms with Crippen LogP contribution in [0.5, 0.6) is 5.75 Å². The van der Waals surface area contributed by atoms with Crippen LogP contribution in [0.1, 0.15) is 31.4 Å². The van der Waals surface area contributed by atoms with Crippen LogP contribution in [0, 0.1) is 19.3 Å². The molecule has 4 nitrogen and oxygen atoms in total. The summed E-state index contributed by atoms with van der Waals surface area (Å²) in [5, 5.41) is 12.4. The van der Waals surface area contributed by atoms with Gasteiger partial charge >= 0.3 is 5.97 Å². The number of ether oxygens (including phenoxy) is 1. The van der Waals surface area contributed by atoms with E-state index in [9.17, 15) is 4.79 Å². The molecule has 0 aliphatic carbocycles. The topological polar surface area (TPSA) is 58.6 Å². The Kier molecular flexibility index (Phi) is 4.81. The van der Waals surface area contributed by atoms with Gasteiger partial charge in [0.15, 0.2) is 0 Å². The normalized spacial score (nSPS) is 11.2. The monoisotopic (exact) mass is 265 g/mol. The summed E-state index contributed by atoms with van der Waals surface area (Å²) in [6, 6.07) is 4.05. The van der Waals surface area contributed by atoms with Crippen LogP contribution in [-0.2, 0) is 4.79 Å². The van der Waals surface area contributed by atoms with Gasteiger partial charge < -0.3 is 15.2 Å². The zero-order valence-electron chi connectivity index (χ0n) is 12.3. The fourth-order valence-corrected chi connectivity index (χ4v) is 1.92. The molecule has 0 unspecified atom stereocenters. The summed E-state index contributed by atoms with van der Waals surface area (Å²) >= 11 is 0. The summed E-state index contributed by atoms with van der Waals surface area (Å²) in [6.45, 7) is 8.10. The fourth-order valence-electron chi connectivity index (χ4n) is 1.92. The Morgan fingerprint density at radius 1 is 1.37 bits per heavy atom. The van der Waals surface area contributed by atoms with E-state index in [1.807, 2.05) is 19.9 Å². The Hall–Kier alpha value is -1.71. The highest BCUT2D eigenvalue weighted by Crippen LogP contribution is 2.30. The first-order valence-electron chi connectivity index (χ1n) is 6.40. The number of carbonyl (C=O) groups is 1. The second-order valence-corrected chi connectivity index (χ2v) is 5.52. The highest BCUT2D eigenvalue weighted by atomic mass is 16.5. The Balaban J connectivity index is 2.76. The van der Waals surface area contributed by atoms with Crippen molar-refractivity contribution in [2.45, 2.75) is 34.1 Å². The van der Waals surface area contributed by atoms with Gasteiger partial charge in [0.1, 0.15) is 5.75 Å². The minimum absolute atomic E-state index is 0.554. The van der Waals surface area contributed by atoms with E-state index in [1.165, 1.54) is 0 Å². The smallest absolute Gasteiger partial charge is 0.309 e. The predicted octanol–water partition coefficient (Wildman–Crippen LogP) is 3.22. The average Bonchev–Trinajstić information content (AvgIpc) is 2.30. The maximum Gasteiger partial charge on any atom is 0.309 e. The van der Waals surface area contributed by atoms with E-state index < -0.39 is 11.4 Å². The van der Waals surface area contributed by atoms with Crippen molar-refractivity contribution in [1.82, 2.24) is 0 Å². The molecule has 0 bridgehead atoms. The molecule has 2 N–H and O–H groups in total. The van der Waals surface area contributed by atoms with Gasteiger partial charge in [-0.15, -0.1) is 0 Å². The van der Waals surface area contributed by atoms with E-state index in [-0.39, 0.29) is 0 Å². The van der Waals surface area contributed by atoms with Crippen LogP contribution in [-0.4, -0.2) is 24.7 Å². The number of rotatable bonds is 6. The van der Waals surface area contributed by atoms with E-state index in [0.29, 0.717) is 13.0 Å². The summed E-state index contributed by atoms with van der Waals surface area (Å²) in [7, 11) is 1.64. The second-order valence-electron chi connectivity index (χ2n) is 5.52. The minimum atomic E-state index is -0.776. The number of aliphatic carboxylic acids is 1. The molecule has 0 spiro atoms. The molecular formula is C15H23NO3. The first-order valence-corrected chi connectivity index (χ1v) is 6.40. The van der Waals surface area contributed by atoms with Crippen LogP contribution in [0.15, 0.2) is 12.1 Å². The number of hydrogen-bond donors (Lipinski definition) is 2. The van der Waals surface area contributed by atoms with Crippen LogP contribution < -0.4 is 10.1 Å². The molecular weight excluding hydrogens is 242 g/mol. The van der Waals surface area contributed by atoms with Gasteiger partial charge in [-0.1, -0.05) is 6.07 Å². The SMILES string of the molecule is COc1cc(C)cc(C)c1NCCC(C)(C)C(=O)O. The Morgan fingerprint density at radius 3 is 2.53 bits per heavy atom. The largest absolute Gasteiger partial charge is 0.495 e. The summed E-state index contributed by atoms with van der Waals surface area (Å²) in [5.74, 6) is 0.0209. The summed E-state index contributed by atoms with van der Waals surface area (Å²) < 4.78 is 5.36. The number of nitrogens with one attached hydrogen (secondary N) is 1. The van der Waals surface area contributed by atoms with Gasteiger partial charge in [0.2, 0.25) is 0 Å². The van der Waals surface area contributed by atoms with Gasteiger partial charge in [-0.25, -0.2) is 0 Å². The van der Waals surface area contributed by atoms with Crippen LogP contribution in [0.4, 0.5) is 5.69 Å². The maximum absolute atomic E-state index is 11.0. The second kappa shape index (κ2) is 5.95. The van der Waals surface area contributed by atoms with Gasteiger partial charge in [-0.2, -0.15) is 0 Å². The van der Waals surface area contributed by atoms with Crippen molar-refractivity contribution in [3.63, 3.8) is 0 Å². The standard InChI is InChI=1S/C15H23NO3/c1-10-8-11(2)13(12(9-10)19-5)16-7-6-15(3,4)14(17)18/h8-9,16H,6-7H2,1-5H3,(H,17,18). The molecule has 0 heterocycles. The maximum atomic E-state index is 11.0. The van der Waals surface area contributed by atoms with Crippen LogP contribution in [0.25, 0.3) is 0 Å². The van der Waals surface area contributed by atoms with E-state index in [4.69, 9.17) is 9.84 Å². The molecule has 0 radical (unpaired) electrons. The zero-order chi connectivity index (χ0) is 14.6. The molecule has 19 heavy (non-hydrogen) atoms. The van der Waals surface area contributed by atoms with Crippen LogP contribution in [0.3, 0.4) is 0 Å². The molecule has 1 rings (SSSR count). The molecule has 106 valence electrons. The number of aryl methyl sites for hydroxylation is 2. The Bertz CT molecular complexity index is 467. The summed E-state index contributed by atoms with van der Waals surface area (Å²) in [5.41, 5.74) is 2.46. The Morgan fingerprint density at radius 2 is 2.00 bits per heavy atom. The van der Waals surface area contributed by atoms with Crippen molar-refractivity contribution in [2.24, 2.45) is 5.41 Å². The van der Waals surface area contributed by atoms with Gasteiger partial charge in [-0.3, -0.25) is 4.79 Å². The molecule has 0 saturated heterocycles. The van der Waals surface area contributed by atoms with E-state index in [1.54, 1.807) is 21.0 Å². The molecule has 0 aromatic heterocycles. The van der Waals surface area contributed by atoms with E-state index in [2.05, 4.69) is 11.4 Å². The minimum Gasteiger partial charge on any atom is -0.495 e. The lowest BCUT2D eigenvalue weighted by Crippen LogP contribution is -2.26. The molecule has 4 heteroatoms. The van der Waals surface area contributed by atoms with Crippen LogP contribution >= 0.6 is 0 Å². The highest BCUT2D eigenvalue weighted by Gasteiger charge is 2.26. The van der Waals surface area contributed by atoms with Gasteiger partial charge in [0.25, 0.3) is 0 Å². The number of anilines is 1. The quantitative estimate of drug-likeness (QED) is 0.829. The van der Waals surface area contributed by atoms with E-state index >= 15 is 0 Å². The lowest BCUT2D eigenvalue weighted by molar-refractivity contribution is -0.147. The average molecular weight is 265 g/mol. The number of carboxylic acids is 1. The van der Waals surface area contributed by atoms with Gasteiger partial charge in [0, 0.05) is 6.54 Å². The molecule has 0 aliphatic heterocycles. The number of methoxy groups -OCH3 is 1. The number of carboxylic acid groups (broad SMARTS) is 1. The van der Waals surface area contributed by atoms with Crippen molar-refractivity contribution in [2.75, 3.05) is 19.0 Å². The third-order valence-electron chi connectivity index (χ3n) is 3.29. The lowest BCUT2D eigenvalue weighted by atomic mass is 9.89.